The average molecular weight is 333 g/mol. The number of fused-ring (bicyclic) bond motifs is 1. The van der Waals surface area contributed by atoms with Crippen LogP contribution in [0.4, 0.5) is 0 Å². The summed E-state index contributed by atoms with van der Waals surface area (Å²) in [5, 5.41) is 4.31. The van der Waals surface area contributed by atoms with E-state index in [-0.39, 0.29) is 6.10 Å². The second-order valence-electron chi connectivity index (χ2n) is 5.60. The molecule has 5 nitrogen and oxygen atoms in total. The van der Waals surface area contributed by atoms with Gasteiger partial charge in [0, 0.05) is 23.2 Å². The normalized spacial score (nSPS) is 16.3. The van der Waals surface area contributed by atoms with Crippen LogP contribution in [0.25, 0.3) is 11.5 Å². The summed E-state index contributed by atoms with van der Waals surface area (Å²) in [5.41, 5.74) is 5.81. The van der Waals surface area contributed by atoms with Crippen molar-refractivity contribution in [3.8, 4) is 0 Å². The van der Waals surface area contributed by atoms with Gasteiger partial charge in [0.15, 0.2) is 0 Å². The van der Waals surface area contributed by atoms with Crippen LogP contribution < -0.4 is 15.5 Å². The highest BCUT2D eigenvalue weighted by molar-refractivity contribution is 7.56. The van der Waals surface area contributed by atoms with E-state index in [0.29, 0.717) is 5.76 Å². The molecule has 2 rings (SSSR count). The maximum absolute atomic E-state index is 12.7. The van der Waals surface area contributed by atoms with Gasteiger partial charge in [0.2, 0.25) is 0 Å². The number of ether oxygens (including phenoxy) is 1. The van der Waals surface area contributed by atoms with Gasteiger partial charge < -0.3 is 9.26 Å². The lowest BCUT2D eigenvalue weighted by Crippen LogP contribution is -2.35. The number of carbonyl (C=O) groups is 1. The molecule has 2 atom stereocenters. The van der Waals surface area contributed by atoms with Gasteiger partial charge in [-0.2, -0.15) is 0 Å². The first-order valence-electron chi connectivity index (χ1n) is 7.35. The van der Waals surface area contributed by atoms with Crippen molar-refractivity contribution in [2.24, 2.45) is 0 Å². The smallest absolute Gasteiger partial charge is 0.323 e. The van der Waals surface area contributed by atoms with Crippen molar-refractivity contribution in [3.63, 3.8) is 0 Å². The molecular weight excluding hydrogens is 313 g/mol. The van der Waals surface area contributed by atoms with Gasteiger partial charge in [0.25, 0.3) is 0 Å². The summed E-state index contributed by atoms with van der Waals surface area (Å²) in [5.74, 6) is -0.0365. The number of rotatable bonds is 6. The van der Waals surface area contributed by atoms with Crippen molar-refractivity contribution in [3.05, 3.63) is 46.5 Å². The molecule has 6 heteroatoms. The van der Waals surface area contributed by atoms with E-state index in [1.807, 2.05) is 24.3 Å². The molecule has 0 aromatic heterocycles. The van der Waals surface area contributed by atoms with Crippen LogP contribution in [0.15, 0.2) is 36.1 Å². The molecule has 0 fully saturated rings. The van der Waals surface area contributed by atoms with Crippen molar-refractivity contribution in [2.75, 3.05) is 6.66 Å². The van der Waals surface area contributed by atoms with E-state index in [0.717, 1.165) is 10.4 Å². The van der Waals surface area contributed by atoms with Gasteiger partial charge in [-0.1, -0.05) is 23.6 Å². The summed E-state index contributed by atoms with van der Waals surface area (Å²) in [4.78, 5) is 11.8. The van der Waals surface area contributed by atoms with Crippen LogP contribution in [0, 0.1) is 0 Å². The molecule has 1 unspecified atom stereocenters. The van der Waals surface area contributed by atoms with Gasteiger partial charge in [0.1, 0.15) is 11.8 Å². The SMILES string of the molecule is CC(C)OC(=O)[C@H](C)NP(C)(=O)OC1=c2ccccc2=C=C=C1. The zero-order valence-corrected chi connectivity index (χ0v) is 14.5. The van der Waals surface area contributed by atoms with Gasteiger partial charge in [-0.25, -0.2) is 5.09 Å². The predicted octanol–water partition coefficient (Wildman–Crippen LogP) is 1.67. The summed E-state index contributed by atoms with van der Waals surface area (Å²) in [6.07, 6.45) is 1.35. The van der Waals surface area contributed by atoms with E-state index in [1.165, 1.54) is 6.66 Å². The van der Waals surface area contributed by atoms with E-state index in [9.17, 15) is 9.36 Å². The molecule has 0 spiro atoms. The Labute approximate surface area is 135 Å². The molecule has 1 aliphatic carbocycles. The van der Waals surface area contributed by atoms with Crippen LogP contribution in [0.2, 0.25) is 0 Å². The lowest BCUT2D eigenvalue weighted by molar-refractivity contribution is -0.149. The minimum Gasteiger partial charge on any atom is -0.462 e. The number of nitrogens with one attached hydrogen (secondary N) is 1. The second-order valence-corrected chi connectivity index (χ2v) is 7.73. The van der Waals surface area contributed by atoms with Crippen LogP contribution in [0.3, 0.4) is 0 Å². The Morgan fingerprint density at radius 2 is 1.96 bits per heavy atom. The Morgan fingerprint density at radius 1 is 1.26 bits per heavy atom. The predicted molar refractivity (Wildman–Crippen MR) is 89.0 cm³/mol. The van der Waals surface area contributed by atoms with Crippen molar-refractivity contribution >= 4 is 25.0 Å². The summed E-state index contributed by atoms with van der Waals surface area (Å²) < 4.78 is 23.4. The van der Waals surface area contributed by atoms with Crippen LogP contribution in [-0.4, -0.2) is 24.8 Å². The first-order valence-corrected chi connectivity index (χ1v) is 9.42. The molecule has 0 saturated carbocycles. The molecule has 0 aliphatic heterocycles. The van der Waals surface area contributed by atoms with Crippen LogP contribution in [0.5, 0.6) is 0 Å². The fraction of sp³-hybridized carbons (Fsp3) is 0.353. The van der Waals surface area contributed by atoms with Crippen molar-refractivity contribution in [2.45, 2.75) is 32.9 Å². The molecule has 0 radical (unpaired) electrons. The zero-order chi connectivity index (χ0) is 17.0. The highest BCUT2D eigenvalue weighted by atomic mass is 31.2. The molecule has 0 amide bonds. The molecule has 0 bridgehead atoms. The third kappa shape index (κ3) is 4.72. The third-order valence-electron chi connectivity index (χ3n) is 3.01. The van der Waals surface area contributed by atoms with Gasteiger partial charge in [-0.15, -0.1) is 0 Å². The molecule has 0 heterocycles. The first-order chi connectivity index (χ1) is 10.8. The number of hydrogen-bond donors (Lipinski definition) is 1. The van der Waals surface area contributed by atoms with Crippen LogP contribution >= 0.6 is 7.52 Å². The van der Waals surface area contributed by atoms with Gasteiger partial charge in [-0.3, -0.25) is 9.36 Å². The van der Waals surface area contributed by atoms with E-state index in [1.54, 1.807) is 26.8 Å². The van der Waals surface area contributed by atoms with Gasteiger partial charge >= 0.3 is 13.5 Å². The van der Waals surface area contributed by atoms with Crippen LogP contribution in [0.1, 0.15) is 20.8 Å². The van der Waals surface area contributed by atoms with Crippen molar-refractivity contribution < 1.29 is 18.6 Å². The summed E-state index contributed by atoms with van der Waals surface area (Å²) in [6, 6.07) is 6.73. The minimum absolute atomic E-state index is 0.230. The quantitative estimate of drug-likeness (QED) is 0.487. The van der Waals surface area contributed by atoms with Crippen molar-refractivity contribution in [1.29, 1.82) is 0 Å². The number of hydrogen-bond acceptors (Lipinski definition) is 4. The number of carbonyl (C=O) groups excluding carboxylic acids is 1. The molecule has 1 N–H and O–H groups in total. The minimum atomic E-state index is -3.26. The topological polar surface area (TPSA) is 64.6 Å². The standard InChI is InChI=1S/C17H20NO4P/c1-12(2)21-17(19)13(3)18-23(4,20)22-16-11-7-9-14-8-5-6-10-15(14)16/h5-6,8,10-13H,1-4H3,(H,18,20)/t13-,23?/m0/s1. The Balaban J connectivity index is 2.17. The lowest BCUT2D eigenvalue weighted by Gasteiger charge is -2.21. The van der Waals surface area contributed by atoms with E-state index in [2.05, 4.69) is 16.5 Å². The summed E-state index contributed by atoms with van der Waals surface area (Å²) >= 11 is 0. The Hall–Kier alpha value is -2.02. The molecule has 1 aliphatic rings. The first kappa shape index (κ1) is 17.3. The summed E-state index contributed by atoms with van der Waals surface area (Å²) in [6.45, 7) is 6.54. The van der Waals surface area contributed by atoms with Gasteiger partial charge in [0.05, 0.1) is 6.10 Å². The molecule has 23 heavy (non-hydrogen) atoms. The molecule has 1 aromatic rings. The van der Waals surface area contributed by atoms with Gasteiger partial charge in [-0.05, 0) is 32.9 Å². The Kier molecular flexibility index (Phi) is 5.30. The van der Waals surface area contributed by atoms with E-state index >= 15 is 0 Å². The van der Waals surface area contributed by atoms with E-state index in [4.69, 9.17) is 9.26 Å². The maximum atomic E-state index is 12.7. The maximum Gasteiger partial charge on any atom is 0.323 e. The Morgan fingerprint density at radius 3 is 2.65 bits per heavy atom. The average Bonchev–Trinajstić information content (AvgIpc) is 2.46. The molecule has 0 saturated heterocycles. The highest BCUT2D eigenvalue weighted by Crippen LogP contribution is 2.41. The molecule has 1 aromatic carbocycles. The third-order valence-corrected chi connectivity index (χ3v) is 4.41. The lowest BCUT2D eigenvalue weighted by atomic mass is 10.2. The largest absolute Gasteiger partial charge is 0.462 e. The number of benzene rings is 1. The van der Waals surface area contributed by atoms with Crippen LogP contribution in [-0.2, 0) is 18.6 Å². The fourth-order valence-corrected chi connectivity index (χ4v) is 3.48. The fourth-order valence-electron chi connectivity index (χ4n) is 2.09. The highest BCUT2D eigenvalue weighted by Gasteiger charge is 2.26. The van der Waals surface area contributed by atoms with Crippen molar-refractivity contribution in [1.82, 2.24) is 5.09 Å². The zero-order valence-electron chi connectivity index (χ0n) is 13.6. The monoisotopic (exact) mass is 333 g/mol. The molecular formula is C17H20NO4P. The second kappa shape index (κ2) is 7.04. The summed E-state index contributed by atoms with van der Waals surface area (Å²) in [7, 11) is -3.26. The Bertz CT molecular complexity index is 846. The molecule has 122 valence electrons. The number of esters is 1. The van der Waals surface area contributed by atoms with E-state index < -0.39 is 19.5 Å².